The van der Waals surface area contributed by atoms with Crippen molar-refractivity contribution in [2.24, 2.45) is 0 Å². The Morgan fingerprint density at radius 2 is 1.74 bits per heavy atom. The molecule has 2 aliphatic heterocycles. The number of rotatable bonds is 3. The quantitative estimate of drug-likeness (QED) is 0.729. The number of carbonyl (C=O) groups excluding carboxylic acids is 1. The summed E-state index contributed by atoms with van der Waals surface area (Å²) in [4.78, 5) is 25.1. The number of benzene rings is 1. The predicted octanol–water partition coefficient (Wildman–Crippen LogP) is 3.82. The van der Waals surface area contributed by atoms with Crippen LogP contribution in [0.1, 0.15) is 30.5 Å². The van der Waals surface area contributed by atoms with Crippen molar-refractivity contribution >= 4 is 34.9 Å². The first-order valence-electron chi connectivity index (χ1n) is 9.40. The highest BCUT2D eigenvalue weighted by Crippen LogP contribution is 2.31. The normalized spacial score (nSPS) is 17.1. The molecule has 0 bridgehead atoms. The number of fused-ring (bicyclic) bond motifs is 1. The molecular formula is C20H22Cl2N4O. The lowest BCUT2D eigenvalue weighted by Crippen LogP contribution is -2.41. The summed E-state index contributed by atoms with van der Waals surface area (Å²) in [5, 5.41) is 0. The van der Waals surface area contributed by atoms with E-state index in [1.165, 1.54) is 6.42 Å². The molecule has 7 heteroatoms. The number of piperidine rings is 1. The molecule has 0 N–H and O–H groups in total. The number of nitrogens with zero attached hydrogens (tertiary/aromatic N) is 4. The highest BCUT2D eigenvalue weighted by Gasteiger charge is 2.30. The van der Waals surface area contributed by atoms with Crippen LogP contribution in [0.2, 0.25) is 0 Å². The number of hydrogen-bond acceptors (Lipinski definition) is 4. The zero-order valence-electron chi connectivity index (χ0n) is 15.1. The van der Waals surface area contributed by atoms with Crippen LogP contribution >= 0.6 is 23.2 Å². The molecule has 1 aromatic heterocycles. The fourth-order valence-corrected chi connectivity index (χ4v) is 4.08. The first-order chi connectivity index (χ1) is 13.1. The van der Waals surface area contributed by atoms with Crippen molar-refractivity contribution < 1.29 is 4.79 Å². The van der Waals surface area contributed by atoms with Crippen LogP contribution in [0.25, 0.3) is 11.4 Å². The molecule has 4 rings (SSSR count). The van der Waals surface area contributed by atoms with Crippen molar-refractivity contribution in [3.8, 4) is 11.4 Å². The molecule has 0 atom stereocenters. The van der Waals surface area contributed by atoms with Gasteiger partial charge in [0, 0.05) is 37.2 Å². The summed E-state index contributed by atoms with van der Waals surface area (Å²) in [6.07, 6.45) is 4.26. The lowest BCUT2D eigenvalue weighted by Gasteiger charge is -2.34. The van der Waals surface area contributed by atoms with Crippen LogP contribution in [0.15, 0.2) is 30.3 Å². The van der Waals surface area contributed by atoms with E-state index in [1.807, 2.05) is 30.3 Å². The Balaban J connectivity index is 1.75. The lowest BCUT2D eigenvalue weighted by atomic mass is 10.0. The number of anilines is 1. The van der Waals surface area contributed by atoms with E-state index in [0.717, 1.165) is 54.4 Å². The van der Waals surface area contributed by atoms with Gasteiger partial charge >= 0.3 is 0 Å². The van der Waals surface area contributed by atoms with Crippen LogP contribution in [-0.4, -0.2) is 45.2 Å². The Morgan fingerprint density at radius 3 is 2.44 bits per heavy atom. The highest BCUT2D eigenvalue weighted by molar-refractivity contribution is 6.53. The maximum absolute atomic E-state index is 12.3. The average molecular weight is 405 g/mol. The van der Waals surface area contributed by atoms with Crippen molar-refractivity contribution in [1.82, 2.24) is 14.9 Å². The summed E-state index contributed by atoms with van der Waals surface area (Å²) >= 11 is 11.6. The van der Waals surface area contributed by atoms with Crippen molar-refractivity contribution in [1.29, 1.82) is 0 Å². The van der Waals surface area contributed by atoms with Crippen LogP contribution in [0.3, 0.4) is 0 Å². The van der Waals surface area contributed by atoms with Crippen molar-refractivity contribution in [2.45, 2.75) is 37.1 Å². The molecule has 0 unspecified atom stereocenters. The summed E-state index contributed by atoms with van der Waals surface area (Å²) in [5.41, 5.74) is 3.07. The molecule has 0 saturated carbocycles. The zero-order chi connectivity index (χ0) is 18.8. The van der Waals surface area contributed by atoms with Crippen molar-refractivity contribution in [2.75, 3.05) is 24.5 Å². The number of hydrogen-bond donors (Lipinski definition) is 0. The van der Waals surface area contributed by atoms with Crippen LogP contribution in [-0.2, 0) is 17.8 Å². The van der Waals surface area contributed by atoms with Gasteiger partial charge in [-0.25, -0.2) is 9.97 Å². The molecular weight excluding hydrogens is 383 g/mol. The van der Waals surface area contributed by atoms with E-state index < -0.39 is 4.84 Å². The highest BCUT2D eigenvalue weighted by atomic mass is 35.5. The van der Waals surface area contributed by atoms with Crippen molar-refractivity contribution in [3.05, 3.63) is 41.6 Å². The Hall–Kier alpha value is -1.85. The standard InChI is InChI=1S/C20H22Cl2N4O/c21-17(22)20(27)26-12-9-16-15(13-26)19(25-10-5-2-6-11-25)24-18(23-16)14-7-3-1-4-8-14/h1,3-4,7-8,17H,2,5-6,9-13H2. The van der Waals surface area contributed by atoms with Gasteiger partial charge in [0.15, 0.2) is 10.7 Å². The lowest BCUT2D eigenvalue weighted by molar-refractivity contribution is -0.130. The summed E-state index contributed by atoms with van der Waals surface area (Å²) in [5.74, 6) is 1.46. The molecule has 3 heterocycles. The molecule has 0 aliphatic carbocycles. The van der Waals surface area contributed by atoms with Gasteiger partial charge in [0.2, 0.25) is 0 Å². The van der Waals surface area contributed by atoms with Gasteiger partial charge in [0.05, 0.1) is 12.2 Å². The van der Waals surface area contributed by atoms with Gasteiger partial charge < -0.3 is 9.80 Å². The van der Waals surface area contributed by atoms with Crippen LogP contribution in [0.4, 0.5) is 5.82 Å². The zero-order valence-corrected chi connectivity index (χ0v) is 16.6. The maximum atomic E-state index is 12.3. The number of alkyl halides is 2. The molecule has 0 radical (unpaired) electrons. The number of aromatic nitrogens is 2. The van der Waals surface area contributed by atoms with Crippen LogP contribution in [0.5, 0.6) is 0 Å². The van der Waals surface area contributed by atoms with E-state index in [-0.39, 0.29) is 5.91 Å². The minimum Gasteiger partial charge on any atom is -0.356 e. The molecule has 1 aromatic carbocycles. The van der Waals surface area contributed by atoms with Gasteiger partial charge in [-0.1, -0.05) is 53.5 Å². The fraction of sp³-hybridized carbons (Fsp3) is 0.450. The minimum absolute atomic E-state index is 0.249. The number of carbonyl (C=O) groups is 1. The topological polar surface area (TPSA) is 49.3 Å². The molecule has 142 valence electrons. The van der Waals surface area contributed by atoms with Gasteiger partial charge in [-0.05, 0) is 19.3 Å². The van der Waals surface area contributed by atoms with Gasteiger partial charge in [-0.15, -0.1) is 0 Å². The van der Waals surface area contributed by atoms with E-state index in [1.54, 1.807) is 4.90 Å². The molecule has 0 spiro atoms. The Bertz CT molecular complexity index is 822. The van der Waals surface area contributed by atoms with Gasteiger partial charge in [-0.2, -0.15) is 0 Å². The first kappa shape index (κ1) is 18.5. The Labute approximate surface area is 169 Å². The molecule has 27 heavy (non-hydrogen) atoms. The summed E-state index contributed by atoms with van der Waals surface area (Å²) in [7, 11) is 0. The minimum atomic E-state index is -1.03. The third kappa shape index (κ3) is 3.90. The Morgan fingerprint density at radius 1 is 1.00 bits per heavy atom. The molecule has 1 amide bonds. The molecule has 1 fully saturated rings. The van der Waals surface area contributed by atoms with E-state index in [0.29, 0.717) is 19.5 Å². The molecule has 1 saturated heterocycles. The SMILES string of the molecule is O=C(C(Cl)Cl)N1CCc2nc(-c3ccccc3)nc(N3CCCCC3)c2C1. The third-order valence-corrected chi connectivity index (χ3v) is 5.60. The second kappa shape index (κ2) is 8.03. The van der Waals surface area contributed by atoms with Gasteiger partial charge in [0.1, 0.15) is 5.82 Å². The van der Waals surface area contributed by atoms with Crippen LogP contribution in [0, 0.1) is 0 Å². The summed E-state index contributed by atoms with van der Waals surface area (Å²) in [6, 6.07) is 10.1. The second-order valence-electron chi connectivity index (χ2n) is 7.02. The van der Waals surface area contributed by atoms with E-state index in [2.05, 4.69) is 4.90 Å². The first-order valence-corrected chi connectivity index (χ1v) is 10.3. The summed E-state index contributed by atoms with van der Waals surface area (Å²) < 4.78 is 0. The second-order valence-corrected chi connectivity index (χ2v) is 8.12. The van der Waals surface area contributed by atoms with Crippen LogP contribution < -0.4 is 4.90 Å². The smallest absolute Gasteiger partial charge is 0.256 e. The van der Waals surface area contributed by atoms with E-state index in [4.69, 9.17) is 33.2 Å². The Kier molecular flexibility index (Phi) is 5.50. The number of halogens is 2. The maximum Gasteiger partial charge on any atom is 0.256 e. The predicted molar refractivity (Wildman–Crippen MR) is 108 cm³/mol. The molecule has 2 aliphatic rings. The number of amides is 1. The van der Waals surface area contributed by atoms with E-state index >= 15 is 0 Å². The largest absolute Gasteiger partial charge is 0.356 e. The van der Waals surface area contributed by atoms with Gasteiger partial charge in [0.25, 0.3) is 5.91 Å². The van der Waals surface area contributed by atoms with Crippen molar-refractivity contribution in [3.63, 3.8) is 0 Å². The summed E-state index contributed by atoms with van der Waals surface area (Å²) in [6.45, 7) is 3.01. The fourth-order valence-electron chi connectivity index (χ4n) is 3.81. The monoisotopic (exact) mass is 404 g/mol. The van der Waals surface area contributed by atoms with Gasteiger partial charge in [-0.3, -0.25) is 4.79 Å². The molecule has 2 aromatic rings. The average Bonchev–Trinajstić information content (AvgIpc) is 2.73. The third-order valence-electron chi connectivity index (χ3n) is 5.22. The molecule has 5 nitrogen and oxygen atoms in total. The van der Waals surface area contributed by atoms with E-state index in [9.17, 15) is 4.79 Å².